The van der Waals surface area contributed by atoms with Crippen molar-refractivity contribution in [2.24, 2.45) is 0 Å². The van der Waals surface area contributed by atoms with Crippen LogP contribution in [0, 0.1) is 0 Å². The molecule has 3 heterocycles. The van der Waals surface area contributed by atoms with Gasteiger partial charge in [-0.2, -0.15) is 0 Å². The summed E-state index contributed by atoms with van der Waals surface area (Å²) >= 11 is 0. The minimum Gasteiger partial charge on any atom is -1.00 e. The number of nitrogens with zero attached hydrogens (tertiary/aromatic N) is 3. The molecule has 0 saturated carbocycles. The zero-order valence-corrected chi connectivity index (χ0v) is 26.6. The zero-order valence-electron chi connectivity index (χ0n) is 22.3. The molecule has 206 valence electrons. The summed E-state index contributed by atoms with van der Waals surface area (Å²) < 4.78 is 15.4. The number of hydrogen-bond donors (Lipinski definition) is 0. The first-order valence-corrected chi connectivity index (χ1v) is 12.4. The Morgan fingerprint density at radius 3 is 1.49 bits per heavy atom. The Balaban J connectivity index is 0.00000267. The largest absolute Gasteiger partial charge is 1.00 e. The third-order valence-corrected chi connectivity index (χ3v) is 6.66. The van der Waals surface area contributed by atoms with Crippen molar-refractivity contribution in [3.8, 4) is 0 Å². The van der Waals surface area contributed by atoms with Crippen LogP contribution in [0.4, 0.5) is 0 Å². The fourth-order valence-corrected chi connectivity index (χ4v) is 4.49. The van der Waals surface area contributed by atoms with Crippen molar-refractivity contribution in [1.82, 2.24) is 4.90 Å². The molecule has 0 bridgehead atoms. The van der Waals surface area contributed by atoms with E-state index in [9.17, 15) is 9.59 Å². The van der Waals surface area contributed by atoms with Crippen molar-refractivity contribution < 1.29 is 76.2 Å². The molecule has 3 aromatic rings. The van der Waals surface area contributed by atoms with Gasteiger partial charge in [0.1, 0.15) is 0 Å². The highest BCUT2D eigenvalue weighted by atomic mass is 127. The van der Waals surface area contributed by atoms with E-state index in [2.05, 4.69) is 0 Å². The second kappa shape index (κ2) is 15.7. The molecule has 2 aromatic heterocycles. The van der Waals surface area contributed by atoms with Gasteiger partial charge >= 0.3 is 11.9 Å². The zero-order chi connectivity index (χ0) is 26.2. The van der Waals surface area contributed by atoms with E-state index in [1.54, 1.807) is 0 Å². The first-order valence-electron chi connectivity index (χ1n) is 12.4. The molecule has 0 unspecified atom stereocenters. The SMILES string of the molecule is CC1=C(C(=O)OCC[n+]2ccccc2)C(c2ccccc2)C(C(=O)OCC[n+]2ccccc2)=C(C)N1C.[I-].[I-]. The van der Waals surface area contributed by atoms with Gasteiger partial charge < -0.3 is 62.3 Å². The Morgan fingerprint density at radius 1 is 0.692 bits per heavy atom. The average molecular weight is 753 g/mol. The molecule has 0 N–H and O–H groups in total. The molecule has 0 atom stereocenters. The van der Waals surface area contributed by atoms with Crippen LogP contribution >= 0.6 is 0 Å². The number of ether oxygens (including phenoxy) is 2. The Labute approximate surface area is 264 Å². The second-order valence-corrected chi connectivity index (χ2v) is 8.90. The summed E-state index contributed by atoms with van der Waals surface area (Å²) in [6.45, 7) is 5.27. The topological polar surface area (TPSA) is 63.6 Å². The van der Waals surface area contributed by atoms with E-state index in [0.29, 0.717) is 24.2 Å². The number of carbonyl (C=O) groups is 2. The lowest BCUT2D eigenvalue weighted by atomic mass is 9.80. The molecular formula is C30H33I2N3O4. The smallest absolute Gasteiger partial charge is 0.336 e. The third-order valence-electron chi connectivity index (χ3n) is 6.66. The summed E-state index contributed by atoms with van der Waals surface area (Å²) in [5, 5.41) is 0. The first kappa shape index (κ1) is 32.4. The van der Waals surface area contributed by atoms with Gasteiger partial charge in [-0.05, 0) is 19.4 Å². The van der Waals surface area contributed by atoms with Crippen molar-refractivity contribution >= 4 is 11.9 Å². The Kier molecular flexibility index (Phi) is 13.1. The second-order valence-electron chi connectivity index (χ2n) is 8.90. The van der Waals surface area contributed by atoms with Gasteiger partial charge in [-0.1, -0.05) is 42.5 Å². The van der Waals surface area contributed by atoms with Crippen molar-refractivity contribution in [1.29, 1.82) is 0 Å². The molecule has 0 saturated heterocycles. The molecule has 1 aromatic carbocycles. The van der Waals surface area contributed by atoms with Crippen LogP contribution in [0.2, 0.25) is 0 Å². The predicted molar refractivity (Wildman–Crippen MR) is 138 cm³/mol. The van der Waals surface area contributed by atoms with Gasteiger partial charge in [-0.25, -0.2) is 18.7 Å². The number of allylic oxidation sites excluding steroid dienone is 2. The highest BCUT2D eigenvalue weighted by Gasteiger charge is 2.39. The number of rotatable bonds is 9. The predicted octanol–water partition coefficient (Wildman–Crippen LogP) is -2.67. The summed E-state index contributed by atoms with van der Waals surface area (Å²) in [4.78, 5) is 28.9. The minimum absolute atomic E-state index is 0. The molecular weight excluding hydrogens is 720 g/mol. The van der Waals surface area contributed by atoms with E-state index < -0.39 is 17.9 Å². The fourth-order valence-electron chi connectivity index (χ4n) is 4.49. The summed E-state index contributed by atoms with van der Waals surface area (Å²) in [5.41, 5.74) is 3.23. The van der Waals surface area contributed by atoms with Gasteiger partial charge in [0.15, 0.2) is 51.1 Å². The Hall–Kier alpha value is -2.80. The van der Waals surface area contributed by atoms with Crippen molar-refractivity contribution in [3.63, 3.8) is 0 Å². The normalized spacial score (nSPS) is 13.4. The molecule has 9 heteroatoms. The van der Waals surface area contributed by atoms with Gasteiger partial charge in [0.2, 0.25) is 0 Å². The summed E-state index contributed by atoms with van der Waals surface area (Å²) in [7, 11) is 1.85. The van der Waals surface area contributed by atoms with E-state index in [-0.39, 0.29) is 61.2 Å². The van der Waals surface area contributed by atoms with Crippen LogP contribution in [-0.2, 0) is 32.2 Å². The highest BCUT2D eigenvalue weighted by Crippen LogP contribution is 2.42. The van der Waals surface area contributed by atoms with Gasteiger partial charge in [-0.3, -0.25) is 0 Å². The first-order chi connectivity index (χ1) is 18.0. The quantitative estimate of drug-likeness (QED) is 0.136. The lowest BCUT2D eigenvalue weighted by molar-refractivity contribution is -0.698. The van der Waals surface area contributed by atoms with Gasteiger partial charge in [-0.15, -0.1) is 0 Å². The molecule has 4 rings (SSSR count). The number of pyridine rings is 2. The van der Waals surface area contributed by atoms with Crippen LogP contribution in [0.15, 0.2) is 114 Å². The summed E-state index contributed by atoms with van der Waals surface area (Å²) in [6.07, 6.45) is 7.70. The number of aromatic nitrogens is 2. The van der Waals surface area contributed by atoms with Crippen LogP contribution in [0.1, 0.15) is 25.3 Å². The minimum atomic E-state index is -0.592. The number of carbonyl (C=O) groups excluding carboxylic acids is 2. The highest BCUT2D eigenvalue weighted by molar-refractivity contribution is 5.99. The maximum absolute atomic E-state index is 13.5. The van der Waals surface area contributed by atoms with E-state index in [1.807, 2.05) is 126 Å². The van der Waals surface area contributed by atoms with Gasteiger partial charge in [0, 0.05) is 42.7 Å². The van der Waals surface area contributed by atoms with Crippen molar-refractivity contribution in [2.75, 3.05) is 20.3 Å². The van der Waals surface area contributed by atoms with Crippen LogP contribution in [-0.4, -0.2) is 37.1 Å². The average Bonchev–Trinajstić information content (AvgIpc) is 2.93. The fraction of sp³-hybridized carbons (Fsp3) is 0.267. The summed E-state index contributed by atoms with van der Waals surface area (Å²) in [5.74, 6) is -1.47. The molecule has 0 fully saturated rings. The monoisotopic (exact) mass is 753 g/mol. The van der Waals surface area contributed by atoms with E-state index in [1.165, 1.54) is 0 Å². The van der Waals surface area contributed by atoms with E-state index in [4.69, 9.17) is 9.47 Å². The molecule has 0 radical (unpaired) electrons. The molecule has 7 nitrogen and oxygen atoms in total. The van der Waals surface area contributed by atoms with Gasteiger partial charge in [0.05, 0.1) is 17.1 Å². The molecule has 0 aliphatic carbocycles. The summed E-state index contributed by atoms with van der Waals surface area (Å²) in [6, 6.07) is 21.2. The van der Waals surface area contributed by atoms with Crippen LogP contribution in [0.3, 0.4) is 0 Å². The Bertz CT molecular complexity index is 1220. The number of halogens is 2. The van der Waals surface area contributed by atoms with Gasteiger partial charge in [0.25, 0.3) is 0 Å². The molecule has 0 spiro atoms. The maximum atomic E-state index is 13.5. The Morgan fingerprint density at radius 2 is 1.08 bits per heavy atom. The van der Waals surface area contributed by atoms with Crippen molar-refractivity contribution in [3.05, 3.63) is 120 Å². The van der Waals surface area contributed by atoms with Crippen LogP contribution in [0.5, 0.6) is 0 Å². The number of benzene rings is 1. The number of hydrogen-bond acceptors (Lipinski definition) is 5. The number of esters is 2. The lowest BCUT2D eigenvalue weighted by Crippen LogP contribution is -3.00. The van der Waals surface area contributed by atoms with E-state index in [0.717, 1.165) is 17.0 Å². The molecule has 0 amide bonds. The molecule has 39 heavy (non-hydrogen) atoms. The lowest BCUT2D eigenvalue weighted by Gasteiger charge is -2.35. The van der Waals surface area contributed by atoms with Crippen LogP contribution in [0.25, 0.3) is 0 Å². The maximum Gasteiger partial charge on any atom is 0.336 e. The molecule has 1 aliphatic rings. The third kappa shape index (κ3) is 8.10. The molecule has 1 aliphatic heterocycles. The van der Waals surface area contributed by atoms with Crippen molar-refractivity contribution in [2.45, 2.75) is 32.9 Å². The van der Waals surface area contributed by atoms with E-state index >= 15 is 0 Å². The standard InChI is InChI=1S/C30H33N3O4.2HI/c1-23-26(29(34)36-21-19-32-15-9-5-10-16-32)28(25-13-7-4-8-14-25)27(24(2)31(23)3)30(35)37-22-20-33-17-11-6-12-18-33;;/h4-18,28H,19-22H2,1-3H3;2*1H/q+2;;/p-2. The van der Waals surface area contributed by atoms with Crippen LogP contribution < -0.4 is 57.1 Å².